The number of nitrogen functional groups attached to an aromatic ring is 1. The van der Waals surface area contributed by atoms with Crippen LogP contribution in [0.2, 0.25) is 5.02 Å². The third-order valence-electron chi connectivity index (χ3n) is 6.47. The lowest BCUT2D eigenvalue weighted by Crippen LogP contribution is -2.12. The van der Waals surface area contributed by atoms with E-state index in [1.54, 1.807) is 0 Å². The van der Waals surface area contributed by atoms with Crippen molar-refractivity contribution < 1.29 is 9.53 Å². The zero-order valence-corrected chi connectivity index (χ0v) is 21.2. The lowest BCUT2D eigenvalue weighted by molar-refractivity contribution is -0.118. The van der Waals surface area contributed by atoms with Crippen LogP contribution in [0.4, 0.5) is 5.82 Å². The highest BCUT2D eigenvalue weighted by atomic mass is 35.5. The van der Waals surface area contributed by atoms with Crippen molar-refractivity contribution in [3.63, 3.8) is 0 Å². The van der Waals surface area contributed by atoms with E-state index in [1.807, 2.05) is 60.8 Å². The quantitative estimate of drug-likeness (QED) is 0.238. The van der Waals surface area contributed by atoms with Crippen LogP contribution in [0.15, 0.2) is 67.1 Å². The number of carbonyl (C=O) groups is 1. The summed E-state index contributed by atoms with van der Waals surface area (Å²) in [6, 6.07) is 17.2. The number of primary amides is 1. The number of para-hydroxylation sites is 1. The Morgan fingerprint density at radius 2 is 1.92 bits per heavy atom. The summed E-state index contributed by atoms with van der Waals surface area (Å²) in [7, 11) is 0. The predicted octanol–water partition coefficient (Wildman–Crippen LogP) is 6.28. The fourth-order valence-electron chi connectivity index (χ4n) is 4.64. The fourth-order valence-corrected chi connectivity index (χ4v) is 4.91. The van der Waals surface area contributed by atoms with Gasteiger partial charge in [0.1, 0.15) is 23.5 Å². The molecule has 5 rings (SSSR count). The summed E-state index contributed by atoms with van der Waals surface area (Å²) in [4.78, 5) is 24.8. The molecule has 1 amide bonds. The molecule has 1 atom stereocenters. The van der Waals surface area contributed by atoms with Crippen LogP contribution in [0, 0.1) is 0 Å². The maximum absolute atomic E-state index is 11.3. The van der Waals surface area contributed by atoms with E-state index in [0.29, 0.717) is 35.3 Å². The van der Waals surface area contributed by atoms with Gasteiger partial charge in [-0.3, -0.25) is 4.79 Å². The Morgan fingerprint density at radius 1 is 1.11 bits per heavy atom. The molecule has 5 aromatic rings. The highest BCUT2D eigenvalue weighted by Gasteiger charge is 2.21. The zero-order chi connectivity index (χ0) is 25.9. The van der Waals surface area contributed by atoms with E-state index in [2.05, 4.69) is 21.5 Å². The molecule has 188 valence electrons. The average molecular weight is 515 g/mol. The Labute approximate surface area is 219 Å². The monoisotopic (exact) mass is 514 g/mol. The summed E-state index contributed by atoms with van der Waals surface area (Å²) < 4.78 is 8.04. The van der Waals surface area contributed by atoms with Gasteiger partial charge in [-0.2, -0.15) is 0 Å². The molecule has 8 nitrogen and oxygen atoms in total. The summed E-state index contributed by atoms with van der Waals surface area (Å²) in [5.41, 5.74) is 14.8. The number of rotatable bonds is 9. The van der Waals surface area contributed by atoms with Crippen molar-refractivity contribution in [2.24, 2.45) is 5.73 Å². The fraction of sp³-hybridized carbons (Fsp3) is 0.214. The summed E-state index contributed by atoms with van der Waals surface area (Å²) in [6.07, 6.45) is 6.14. The molecule has 9 heteroatoms. The summed E-state index contributed by atoms with van der Waals surface area (Å²) >= 11 is 6.80. The van der Waals surface area contributed by atoms with Crippen molar-refractivity contribution in [3.05, 3.63) is 72.1 Å². The van der Waals surface area contributed by atoms with E-state index < -0.39 is 0 Å². The Kier molecular flexibility index (Phi) is 6.92. The first-order valence-corrected chi connectivity index (χ1v) is 12.5. The van der Waals surface area contributed by atoms with Crippen molar-refractivity contribution in [2.45, 2.75) is 38.6 Å². The lowest BCUT2D eigenvalue weighted by Gasteiger charge is -2.17. The van der Waals surface area contributed by atoms with Gasteiger partial charge in [0, 0.05) is 46.3 Å². The molecule has 0 aliphatic rings. The molecule has 0 radical (unpaired) electrons. The molecule has 3 heterocycles. The van der Waals surface area contributed by atoms with Gasteiger partial charge in [0.15, 0.2) is 0 Å². The van der Waals surface area contributed by atoms with Gasteiger partial charge in [0.25, 0.3) is 0 Å². The van der Waals surface area contributed by atoms with Crippen molar-refractivity contribution in [1.29, 1.82) is 0 Å². The number of nitrogens with zero attached hydrogens (tertiary/aromatic N) is 4. The molecule has 0 spiro atoms. The number of ether oxygens (including phenoxy) is 1. The van der Waals surface area contributed by atoms with Gasteiger partial charge in [-0.1, -0.05) is 36.7 Å². The SMILES string of the molecule is CCC(CCCC(N)=O)n1cc(-c2cc3nc(Oc4ccccc4)ccc3cc2Cl)c2c(N)ncnc21. The van der Waals surface area contributed by atoms with Crippen LogP contribution in [-0.4, -0.2) is 25.4 Å². The molecule has 2 aromatic carbocycles. The number of benzene rings is 2. The number of fused-ring (bicyclic) bond motifs is 2. The lowest BCUT2D eigenvalue weighted by atomic mass is 10.0. The first-order valence-electron chi connectivity index (χ1n) is 12.2. The number of amides is 1. The third kappa shape index (κ3) is 5.06. The van der Waals surface area contributed by atoms with Gasteiger partial charge >= 0.3 is 0 Å². The maximum Gasteiger partial charge on any atom is 0.219 e. The highest BCUT2D eigenvalue weighted by molar-refractivity contribution is 6.34. The molecule has 0 saturated carbocycles. The molecule has 3 aromatic heterocycles. The number of pyridine rings is 1. The van der Waals surface area contributed by atoms with Crippen LogP contribution < -0.4 is 16.2 Å². The van der Waals surface area contributed by atoms with Crippen molar-refractivity contribution >= 4 is 45.3 Å². The Morgan fingerprint density at radius 3 is 2.68 bits per heavy atom. The van der Waals surface area contributed by atoms with Crippen molar-refractivity contribution in [1.82, 2.24) is 19.5 Å². The number of carbonyl (C=O) groups excluding carboxylic acids is 1. The Hall–Kier alpha value is -4.17. The normalized spacial score (nSPS) is 12.2. The number of halogens is 1. The average Bonchev–Trinajstić information content (AvgIpc) is 3.27. The first kappa shape index (κ1) is 24.5. The number of aromatic nitrogens is 4. The molecule has 0 aliphatic heterocycles. The standard InChI is InChI=1S/C28H27ClN6O2/c1-2-18(7-6-10-24(30)36)35-15-21(26-27(31)32-16-33-28(26)35)20-14-23-17(13-22(20)29)11-12-25(34-23)37-19-8-4-3-5-9-19/h3-5,8-9,11-16,18H,2,6-7,10H2,1H3,(H2,30,36)(H2,31,32,33). The predicted molar refractivity (Wildman–Crippen MR) is 147 cm³/mol. The van der Waals surface area contributed by atoms with Gasteiger partial charge in [-0.15, -0.1) is 0 Å². The van der Waals surface area contributed by atoms with E-state index >= 15 is 0 Å². The Balaban J connectivity index is 1.60. The number of anilines is 1. The number of nitrogens with two attached hydrogens (primary N) is 2. The summed E-state index contributed by atoms with van der Waals surface area (Å²) in [5, 5.41) is 2.18. The molecule has 0 fully saturated rings. The highest BCUT2D eigenvalue weighted by Crippen LogP contribution is 2.40. The van der Waals surface area contributed by atoms with Crippen LogP contribution in [-0.2, 0) is 4.79 Å². The second-order valence-corrected chi connectivity index (χ2v) is 9.32. The van der Waals surface area contributed by atoms with Crippen LogP contribution in [0.1, 0.15) is 38.6 Å². The second-order valence-electron chi connectivity index (χ2n) is 8.92. The van der Waals surface area contributed by atoms with Gasteiger partial charge in [-0.25, -0.2) is 15.0 Å². The zero-order valence-electron chi connectivity index (χ0n) is 20.4. The topological polar surface area (TPSA) is 122 Å². The van der Waals surface area contributed by atoms with E-state index in [4.69, 9.17) is 32.8 Å². The smallest absolute Gasteiger partial charge is 0.219 e. The number of hydrogen-bond acceptors (Lipinski definition) is 6. The van der Waals surface area contributed by atoms with Gasteiger partial charge in [-0.05, 0) is 49.6 Å². The minimum atomic E-state index is -0.300. The van der Waals surface area contributed by atoms with E-state index in [9.17, 15) is 4.79 Å². The minimum absolute atomic E-state index is 0.105. The number of hydrogen-bond donors (Lipinski definition) is 2. The van der Waals surface area contributed by atoms with Gasteiger partial charge in [0.05, 0.1) is 10.9 Å². The van der Waals surface area contributed by atoms with Crippen LogP contribution >= 0.6 is 11.6 Å². The van der Waals surface area contributed by atoms with E-state index in [1.165, 1.54) is 6.33 Å². The molecular formula is C28H27ClN6O2. The Bertz CT molecular complexity index is 1580. The van der Waals surface area contributed by atoms with Crippen LogP contribution in [0.3, 0.4) is 0 Å². The minimum Gasteiger partial charge on any atom is -0.439 e. The molecule has 0 saturated heterocycles. The molecule has 37 heavy (non-hydrogen) atoms. The molecular weight excluding hydrogens is 488 g/mol. The third-order valence-corrected chi connectivity index (χ3v) is 6.78. The van der Waals surface area contributed by atoms with Gasteiger partial charge in [0.2, 0.25) is 11.8 Å². The first-order chi connectivity index (χ1) is 17.9. The van der Waals surface area contributed by atoms with E-state index in [0.717, 1.165) is 45.9 Å². The molecule has 4 N–H and O–H groups in total. The van der Waals surface area contributed by atoms with E-state index in [-0.39, 0.29) is 11.9 Å². The maximum atomic E-state index is 11.3. The van der Waals surface area contributed by atoms with Crippen LogP contribution in [0.5, 0.6) is 11.6 Å². The second kappa shape index (κ2) is 10.4. The largest absolute Gasteiger partial charge is 0.439 e. The van der Waals surface area contributed by atoms with Crippen molar-refractivity contribution in [2.75, 3.05) is 5.73 Å². The molecule has 0 aliphatic carbocycles. The summed E-state index contributed by atoms with van der Waals surface area (Å²) in [6.45, 7) is 2.10. The molecule has 1 unspecified atom stereocenters. The van der Waals surface area contributed by atoms with Crippen LogP contribution in [0.25, 0.3) is 33.1 Å². The summed E-state index contributed by atoms with van der Waals surface area (Å²) in [5.74, 6) is 1.26. The van der Waals surface area contributed by atoms with Crippen molar-refractivity contribution in [3.8, 4) is 22.8 Å². The van der Waals surface area contributed by atoms with Gasteiger partial charge < -0.3 is 20.8 Å². The molecule has 0 bridgehead atoms.